The number of amides is 3. The molecular formula is C17H18N2O3. The van der Waals surface area contributed by atoms with Crippen LogP contribution in [0, 0.1) is 13.8 Å². The van der Waals surface area contributed by atoms with Crippen molar-refractivity contribution in [2.24, 2.45) is 0 Å². The fourth-order valence-electron chi connectivity index (χ4n) is 2.91. The molecule has 5 nitrogen and oxygen atoms in total. The summed E-state index contributed by atoms with van der Waals surface area (Å²) < 4.78 is 5.31. The number of urea groups is 1. The van der Waals surface area contributed by atoms with Crippen molar-refractivity contribution in [3.05, 3.63) is 59.0 Å². The molecule has 0 bridgehead atoms. The van der Waals surface area contributed by atoms with Gasteiger partial charge in [-0.1, -0.05) is 29.3 Å². The minimum Gasteiger partial charge on any atom is -0.466 e. The Morgan fingerprint density at radius 1 is 1.18 bits per heavy atom. The summed E-state index contributed by atoms with van der Waals surface area (Å²) in [5.41, 5.74) is 2.01. The highest BCUT2D eigenvalue weighted by Crippen LogP contribution is 2.30. The van der Waals surface area contributed by atoms with Crippen LogP contribution in [0.2, 0.25) is 0 Å². The molecule has 1 saturated heterocycles. The SMILES string of the molecule is Cc1cc(C)cc(CN2C(=O)NC(C)(c3ccco3)C2=O)c1. The Bertz CT molecular complexity index is 716. The molecule has 1 atom stereocenters. The van der Waals surface area contributed by atoms with Gasteiger partial charge in [-0.15, -0.1) is 0 Å². The van der Waals surface area contributed by atoms with Crippen molar-refractivity contribution >= 4 is 11.9 Å². The predicted octanol–water partition coefficient (Wildman–Crippen LogP) is 2.86. The van der Waals surface area contributed by atoms with E-state index in [9.17, 15) is 9.59 Å². The van der Waals surface area contributed by atoms with Crippen LogP contribution in [0.1, 0.15) is 29.4 Å². The molecule has 0 saturated carbocycles. The van der Waals surface area contributed by atoms with Gasteiger partial charge in [0.15, 0.2) is 5.54 Å². The molecule has 5 heteroatoms. The van der Waals surface area contributed by atoms with E-state index in [0.29, 0.717) is 5.76 Å². The first kappa shape index (κ1) is 14.4. The van der Waals surface area contributed by atoms with Gasteiger partial charge in [0.1, 0.15) is 5.76 Å². The van der Waals surface area contributed by atoms with Crippen molar-refractivity contribution in [2.45, 2.75) is 32.9 Å². The van der Waals surface area contributed by atoms with Gasteiger partial charge in [-0.3, -0.25) is 9.69 Å². The summed E-state index contributed by atoms with van der Waals surface area (Å²) >= 11 is 0. The molecule has 2 aromatic rings. The maximum absolute atomic E-state index is 12.7. The third kappa shape index (κ3) is 2.28. The van der Waals surface area contributed by atoms with E-state index in [0.717, 1.165) is 16.7 Å². The first-order valence-corrected chi connectivity index (χ1v) is 7.15. The number of carbonyl (C=O) groups excluding carboxylic acids is 2. The molecule has 114 valence electrons. The lowest BCUT2D eigenvalue weighted by Crippen LogP contribution is -2.40. The van der Waals surface area contributed by atoms with Crippen LogP contribution in [0.4, 0.5) is 4.79 Å². The highest BCUT2D eigenvalue weighted by molar-refractivity contribution is 6.06. The molecule has 22 heavy (non-hydrogen) atoms. The number of rotatable bonds is 3. The summed E-state index contributed by atoms with van der Waals surface area (Å²) in [6.07, 6.45) is 1.49. The van der Waals surface area contributed by atoms with Crippen molar-refractivity contribution < 1.29 is 14.0 Å². The van der Waals surface area contributed by atoms with Gasteiger partial charge in [-0.05, 0) is 38.5 Å². The second-order valence-electron chi connectivity index (χ2n) is 5.92. The Hall–Kier alpha value is -2.56. The van der Waals surface area contributed by atoms with Crippen LogP contribution in [0.25, 0.3) is 0 Å². The molecule has 1 aliphatic heterocycles. The summed E-state index contributed by atoms with van der Waals surface area (Å²) in [5.74, 6) is 0.139. The maximum atomic E-state index is 12.7. The number of furan rings is 1. The van der Waals surface area contributed by atoms with Crippen LogP contribution in [0.3, 0.4) is 0 Å². The molecule has 1 aromatic heterocycles. The topological polar surface area (TPSA) is 62.6 Å². The quantitative estimate of drug-likeness (QED) is 0.886. The minimum absolute atomic E-state index is 0.253. The molecule has 1 unspecified atom stereocenters. The van der Waals surface area contributed by atoms with Crippen molar-refractivity contribution in [2.75, 3.05) is 0 Å². The molecule has 2 heterocycles. The lowest BCUT2D eigenvalue weighted by atomic mass is 9.99. The second kappa shape index (κ2) is 5.02. The van der Waals surface area contributed by atoms with Crippen LogP contribution < -0.4 is 5.32 Å². The van der Waals surface area contributed by atoms with E-state index >= 15 is 0 Å². The van der Waals surface area contributed by atoms with Crippen LogP contribution in [0.5, 0.6) is 0 Å². The van der Waals surface area contributed by atoms with E-state index in [1.54, 1.807) is 19.1 Å². The normalized spacial score (nSPS) is 21.3. The number of nitrogens with zero attached hydrogens (tertiary/aromatic N) is 1. The van der Waals surface area contributed by atoms with E-state index < -0.39 is 11.6 Å². The Morgan fingerprint density at radius 3 is 2.45 bits per heavy atom. The number of aryl methyl sites for hydroxylation is 2. The van der Waals surface area contributed by atoms with Crippen LogP contribution in [-0.4, -0.2) is 16.8 Å². The summed E-state index contributed by atoms with van der Waals surface area (Å²) in [6, 6.07) is 9.02. The standard InChI is InChI=1S/C17H18N2O3/c1-11-7-12(2)9-13(8-11)10-19-15(20)17(3,18-16(19)21)14-5-4-6-22-14/h4-9H,10H2,1-3H3,(H,18,21). The van der Waals surface area contributed by atoms with Gasteiger partial charge in [0.25, 0.3) is 5.91 Å². The van der Waals surface area contributed by atoms with E-state index in [1.165, 1.54) is 11.2 Å². The van der Waals surface area contributed by atoms with Crippen molar-refractivity contribution in [1.82, 2.24) is 10.2 Å². The van der Waals surface area contributed by atoms with E-state index in [1.807, 2.05) is 26.0 Å². The highest BCUT2D eigenvalue weighted by atomic mass is 16.3. The largest absolute Gasteiger partial charge is 0.466 e. The molecule has 0 radical (unpaired) electrons. The smallest absolute Gasteiger partial charge is 0.325 e. The fourth-order valence-corrected chi connectivity index (χ4v) is 2.91. The summed E-state index contributed by atoms with van der Waals surface area (Å²) in [5, 5.41) is 2.73. The van der Waals surface area contributed by atoms with Gasteiger partial charge < -0.3 is 9.73 Å². The molecular weight excluding hydrogens is 280 g/mol. The zero-order chi connectivity index (χ0) is 15.9. The van der Waals surface area contributed by atoms with Crippen molar-refractivity contribution in [1.29, 1.82) is 0 Å². The number of hydrogen-bond acceptors (Lipinski definition) is 3. The third-order valence-electron chi connectivity index (χ3n) is 3.91. The Kier molecular flexibility index (Phi) is 3.28. The van der Waals surface area contributed by atoms with Crippen LogP contribution >= 0.6 is 0 Å². The highest BCUT2D eigenvalue weighted by Gasteiger charge is 2.50. The van der Waals surface area contributed by atoms with Crippen molar-refractivity contribution in [3.63, 3.8) is 0 Å². The molecule has 0 spiro atoms. The lowest BCUT2D eigenvalue weighted by molar-refractivity contribution is -0.132. The van der Waals surface area contributed by atoms with Crippen molar-refractivity contribution in [3.8, 4) is 0 Å². The third-order valence-corrected chi connectivity index (χ3v) is 3.91. The van der Waals surface area contributed by atoms with Gasteiger partial charge in [-0.2, -0.15) is 0 Å². The van der Waals surface area contributed by atoms with E-state index in [4.69, 9.17) is 4.42 Å². The molecule has 1 aliphatic rings. The number of benzene rings is 1. The summed E-state index contributed by atoms with van der Waals surface area (Å²) in [6.45, 7) is 5.90. The van der Waals surface area contributed by atoms with Crippen LogP contribution in [-0.2, 0) is 16.9 Å². The fraction of sp³-hybridized carbons (Fsp3) is 0.294. The van der Waals surface area contributed by atoms with Gasteiger partial charge in [0, 0.05) is 0 Å². The predicted molar refractivity (Wildman–Crippen MR) is 81.1 cm³/mol. The number of nitrogens with one attached hydrogen (secondary N) is 1. The zero-order valence-electron chi connectivity index (χ0n) is 12.8. The average molecular weight is 298 g/mol. The Labute approximate surface area is 128 Å². The zero-order valence-corrected chi connectivity index (χ0v) is 12.8. The minimum atomic E-state index is -1.14. The summed E-state index contributed by atoms with van der Waals surface area (Å²) in [7, 11) is 0. The number of imide groups is 1. The lowest BCUT2D eigenvalue weighted by Gasteiger charge is -2.19. The monoisotopic (exact) mass is 298 g/mol. The van der Waals surface area contributed by atoms with Gasteiger partial charge in [0.2, 0.25) is 0 Å². The molecule has 3 rings (SSSR count). The Balaban J connectivity index is 1.89. The van der Waals surface area contributed by atoms with Gasteiger partial charge in [0.05, 0.1) is 12.8 Å². The molecule has 1 aromatic carbocycles. The number of carbonyl (C=O) groups is 2. The second-order valence-corrected chi connectivity index (χ2v) is 5.92. The molecule has 1 N–H and O–H groups in total. The van der Waals surface area contributed by atoms with Gasteiger partial charge >= 0.3 is 6.03 Å². The summed E-state index contributed by atoms with van der Waals surface area (Å²) in [4.78, 5) is 26.1. The first-order chi connectivity index (χ1) is 10.4. The first-order valence-electron chi connectivity index (χ1n) is 7.15. The molecule has 1 fully saturated rings. The van der Waals surface area contributed by atoms with E-state index in [-0.39, 0.29) is 12.5 Å². The molecule has 0 aliphatic carbocycles. The average Bonchev–Trinajstić information content (AvgIpc) is 3.03. The number of hydrogen-bond donors (Lipinski definition) is 1. The van der Waals surface area contributed by atoms with E-state index in [2.05, 4.69) is 11.4 Å². The Morgan fingerprint density at radius 2 is 1.86 bits per heavy atom. The molecule has 3 amide bonds. The van der Waals surface area contributed by atoms with Gasteiger partial charge in [-0.25, -0.2) is 4.79 Å². The van der Waals surface area contributed by atoms with Crippen LogP contribution in [0.15, 0.2) is 41.0 Å². The maximum Gasteiger partial charge on any atom is 0.325 e.